The molecule has 0 saturated heterocycles. The van der Waals surface area contributed by atoms with Gasteiger partial charge in [0.1, 0.15) is 11.3 Å². The Morgan fingerprint density at radius 3 is 2.45 bits per heavy atom. The van der Waals surface area contributed by atoms with E-state index in [2.05, 4.69) is 4.98 Å². The molecule has 0 spiro atoms. The summed E-state index contributed by atoms with van der Waals surface area (Å²) in [6.45, 7) is 5.49. The highest BCUT2D eigenvalue weighted by Gasteiger charge is 2.20. The van der Waals surface area contributed by atoms with Crippen LogP contribution in [0.25, 0.3) is 11.0 Å². The van der Waals surface area contributed by atoms with Crippen molar-refractivity contribution >= 4 is 16.9 Å². The lowest BCUT2D eigenvalue weighted by molar-refractivity contribution is 0.0737. The van der Waals surface area contributed by atoms with E-state index >= 15 is 0 Å². The molecular weight excluding hydrogens is 424 g/mol. The first-order valence-corrected chi connectivity index (χ1v) is 11.0. The number of nitrogens with zero attached hydrogens (tertiary/aromatic N) is 4. The van der Waals surface area contributed by atoms with Crippen LogP contribution < -0.4 is 20.7 Å². The molecule has 0 aliphatic carbocycles. The van der Waals surface area contributed by atoms with Gasteiger partial charge in [0.15, 0.2) is 11.5 Å². The van der Waals surface area contributed by atoms with Crippen molar-refractivity contribution < 1.29 is 14.3 Å². The predicted molar refractivity (Wildman–Crippen MR) is 126 cm³/mol. The second-order valence-electron chi connectivity index (χ2n) is 7.83. The van der Waals surface area contributed by atoms with Crippen LogP contribution in [0.2, 0.25) is 0 Å². The summed E-state index contributed by atoms with van der Waals surface area (Å²) < 4.78 is 13.5. The molecule has 1 amide bonds. The first-order valence-electron chi connectivity index (χ1n) is 11.0. The molecule has 0 fully saturated rings. The number of fused-ring (bicyclic) bond motifs is 1. The number of benzene rings is 1. The van der Waals surface area contributed by atoms with E-state index in [0.29, 0.717) is 31.2 Å². The van der Waals surface area contributed by atoms with Crippen molar-refractivity contribution in [2.75, 3.05) is 20.3 Å². The quantitative estimate of drug-likeness (QED) is 0.493. The molecular formula is C24H30N4O5. The second-order valence-corrected chi connectivity index (χ2v) is 7.83. The van der Waals surface area contributed by atoms with Crippen molar-refractivity contribution in [1.29, 1.82) is 0 Å². The van der Waals surface area contributed by atoms with Crippen LogP contribution in [0.15, 0.2) is 39.9 Å². The molecule has 0 radical (unpaired) electrons. The minimum atomic E-state index is -0.493. The molecule has 0 aliphatic heterocycles. The Labute approximate surface area is 192 Å². The lowest BCUT2D eigenvalue weighted by atomic mass is 10.1. The molecule has 176 valence electrons. The van der Waals surface area contributed by atoms with Crippen LogP contribution in [0.5, 0.6) is 11.5 Å². The average Bonchev–Trinajstić information content (AvgIpc) is 2.84. The monoisotopic (exact) mass is 454 g/mol. The molecule has 0 atom stereocenters. The molecule has 1 aromatic carbocycles. The number of amides is 1. The normalized spacial score (nSPS) is 10.9. The van der Waals surface area contributed by atoms with Crippen molar-refractivity contribution in [1.82, 2.24) is 19.0 Å². The van der Waals surface area contributed by atoms with E-state index in [1.807, 2.05) is 32.0 Å². The molecule has 0 unspecified atom stereocenters. The number of rotatable bonds is 9. The van der Waals surface area contributed by atoms with Gasteiger partial charge in [-0.3, -0.25) is 18.7 Å². The van der Waals surface area contributed by atoms with E-state index in [-0.39, 0.29) is 22.6 Å². The summed E-state index contributed by atoms with van der Waals surface area (Å²) >= 11 is 0. The molecule has 0 bridgehead atoms. The minimum absolute atomic E-state index is 0.175. The van der Waals surface area contributed by atoms with E-state index in [9.17, 15) is 14.4 Å². The van der Waals surface area contributed by atoms with Crippen molar-refractivity contribution in [2.24, 2.45) is 14.1 Å². The molecule has 3 aromatic rings. The third-order valence-corrected chi connectivity index (χ3v) is 5.36. The number of methoxy groups -OCH3 is 1. The van der Waals surface area contributed by atoms with Crippen LogP contribution in [0.4, 0.5) is 0 Å². The van der Waals surface area contributed by atoms with Crippen LogP contribution in [-0.4, -0.2) is 45.2 Å². The van der Waals surface area contributed by atoms with Crippen molar-refractivity contribution in [3.63, 3.8) is 0 Å². The Hall–Kier alpha value is -3.62. The maximum absolute atomic E-state index is 13.3. The topological polar surface area (TPSA) is 95.7 Å². The number of carbonyl (C=O) groups excluding carboxylic acids is 1. The summed E-state index contributed by atoms with van der Waals surface area (Å²) in [6.07, 6.45) is 1.65. The van der Waals surface area contributed by atoms with Crippen molar-refractivity contribution in [3.8, 4) is 11.5 Å². The summed E-state index contributed by atoms with van der Waals surface area (Å²) in [5.74, 6) is 0.992. The van der Waals surface area contributed by atoms with Gasteiger partial charge < -0.3 is 14.4 Å². The predicted octanol–water partition coefficient (Wildman–Crippen LogP) is 2.48. The largest absolute Gasteiger partial charge is 0.493 e. The number of aromatic nitrogens is 3. The average molecular weight is 455 g/mol. The molecule has 33 heavy (non-hydrogen) atoms. The molecule has 2 heterocycles. The van der Waals surface area contributed by atoms with Gasteiger partial charge in [0.2, 0.25) is 0 Å². The first-order chi connectivity index (χ1) is 15.8. The highest BCUT2D eigenvalue weighted by molar-refractivity contribution is 5.94. The van der Waals surface area contributed by atoms with E-state index < -0.39 is 11.2 Å². The number of pyridine rings is 1. The first kappa shape index (κ1) is 24.0. The maximum Gasteiger partial charge on any atom is 0.332 e. The standard InChI is InChI=1S/C24H30N4O5/c1-6-12-28(15-16-8-11-19(33-13-7-2)20(14-16)32-5)23(30)18-10-9-17-21(25-18)26(3)24(31)27(4)22(17)29/h8-11,14H,6-7,12-13,15H2,1-5H3. The van der Waals surface area contributed by atoms with Gasteiger partial charge >= 0.3 is 5.69 Å². The third-order valence-electron chi connectivity index (χ3n) is 5.36. The molecule has 9 nitrogen and oxygen atoms in total. The smallest absolute Gasteiger partial charge is 0.332 e. The van der Waals surface area contributed by atoms with Crippen LogP contribution in [-0.2, 0) is 20.6 Å². The van der Waals surface area contributed by atoms with Gasteiger partial charge in [0, 0.05) is 27.2 Å². The minimum Gasteiger partial charge on any atom is -0.493 e. The number of carbonyl (C=O) groups is 1. The fourth-order valence-corrected chi connectivity index (χ4v) is 3.62. The number of hydrogen-bond acceptors (Lipinski definition) is 6. The highest BCUT2D eigenvalue weighted by Crippen LogP contribution is 2.29. The van der Waals surface area contributed by atoms with E-state index in [1.54, 1.807) is 18.1 Å². The van der Waals surface area contributed by atoms with Gasteiger partial charge in [0.05, 0.1) is 19.1 Å². The Morgan fingerprint density at radius 2 is 1.79 bits per heavy atom. The van der Waals surface area contributed by atoms with Gasteiger partial charge in [-0.05, 0) is 42.7 Å². The van der Waals surface area contributed by atoms with Crippen LogP contribution >= 0.6 is 0 Å². The Kier molecular flexibility index (Phi) is 7.52. The summed E-state index contributed by atoms with van der Waals surface area (Å²) in [4.78, 5) is 44.1. The van der Waals surface area contributed by atoms with Crippen molar-refractivity contribution in [2.45, 2.75) is 33.2 Å². The van der Waals surface area contributed by atoms with Gasteiger partial charge in [-0.25, -0.2) is 9.78 Å². The summed E-state index contributed by atoms with van der Waals surface area (Å²) in [7, 11) is 4.53. The Morgan fingerprint density at radius 1 is 1.03 bits per heavy atom. The van der Waals surface area contributed by atoms with E-state index in [0.717, 1.165) is 23.0 Å². The van der Waals surface area contributed by atoms with Gasteiger partial charge in [-0.1, -0.05) is 19.9 Å². The lowest BCUT2D eigenvalue weighted by Gasteiger charge is -2.23. The van der Waals surface area contributed by atoms with E-state index in [1.165, 1.54) is 24.7 Å². The maximum atomic E-state index is 13.3. The Balaban J connectivity index is 1.94. The van der Waals surface area contributed by atoms with Crippen LogP contribution in [0, 0.1) is 0 Å². The molecule has 3 rings (SSSR count). The third kappa shape index (κ3) is 4.92. The number of aryl methyl sites for hydroxylation is 1. The van der Waals surface area contributed by atoms with Crippen LogP contribution in [0.3, 0.4) is 0 Å². The van der Waals surface area contributed by atoms with Gasteiger partial charge in [-0.15, -0.1) is 0 Å². The lowest BCUT2D eigenvalue weighted by Crippen LogP contribution is -2.38. The number of ether oxygens (including phenoxy) is 2. The molecule has 9 heteroatoms. The SMILES string of the molecule is CCCOc1ccc(CN(CCC)C(=O)c2ccc3c(=O)n(C)c(=O)n(C)c3n2)cc1OC. The number of hydrogen-bond donors (Lipinski definition) is 0. The summed E-state index contributed by atoms with van der Waals surface area (Å²) in [5, 5.41) is 0.283. The second kappa shape index (κ2) is 10.3. The zero-order valence-corrected chi connectivity index (χ0v) is 19.8. The fourth-order valence-electron chi connectivity index (χ4n) is 3.62. The zero-order valence-electron chi connectivity index (χ0n) is 19.8. The van der Waals surface area contributed by atoms with Crippen molar-refractivity contribution in [3.05, 3.63) is 62.4 Å². The summed E-state index contributed by atoms with van der Waals surface area (Å²) in [5.41, 5.74) is 0.313. The van der Waals surface area contributed by atoms with E-state index in [4.69, 9.17) is 9.47 Å². The zero-order chi connectivity index (χ0) is 24.1. The molecule has 2 aromatic heterocycles. The highest BCUT2D eigenvalue weighted by atomic mass is 16.5. The molecule has 0 aliphatic rings. The molecule has 0 saturated carbocycles. The van der Waals surface area contributed by atoms with Crippen LogP contribution in [0.1, 0.15) is 42.7 Å². The summed E-state index contributed by atoms with van der Waals surface area (Å²) in [6, 6.07) is 8.69. The van der Waals surface area contributed by atoms with Gasteiger partial charge in [-0.2, -0.15) is 0 Å². The van der Waals surface area contributed by atoms with Gasteiger partial charge in [0.25, 0.3) is 11.5 Å². The molecule has 0 N–H and O–H groups in total. The Bertz CT molecular complexity index is 1280. The fraction of sp³-hybridized carbons (Fsp3) is 0.417.